The Morgan fingerprint density at radius 1 is 1.47 bits per heavy atom. The number of hydrogen-bond acceptors (Lipinski definition) is 5. The monoisotopic (exact) mass is 282 g/mol. The number of carboxylic acids is 1. The molecule has 8 nitrogen and oxygen atoms in total. The molecule has 2 heterocycles. The lowest BCUT2D eigenvalue weighted by Gasteiger charge is -2.05. The molecule has 0 saturated heterocycles. The quantitative estimate of drug-likeness (QED) is 0.834. The first-order chi connectivity index (χ1) is 8.88. The number of pyridine rings is 1. The molecule has 100 valence electrons. The van der Waals surface area contributed by atoms with Crippen LogP contribution in [-0.2, 0) is 17.1 Å². The van der Waals surface area contributed by atoms with Crippen LogP contribution in [0.25, 0.3) is 0 Å². The van der Waals surface area contributed by atoms with Crippen molar-refractivity contribution in [2.75, 3.05) is 4.72 Å². The normalized spacial score (nSPS) is 11.2. The second-order valence-corrected chi connectivity index (χ2v) is 5.37. The molecule has 0 aliphatic rings. The van der Waals surface area contributed by atoms with Gasteiger partial charge in [-0.05, 0) is 12.1 Å². The largest absolute Gasteiger partial charge is 0.478 e. The van der Waals surface area contributed by atoms with Crippen LogP contribution >= 0.6 is 0 Å². The van der Waals surface area contributed by atoms with Gasteiger partial charge in [-0.1, -0.05) is 0 Å². The van der Waals surface area contributed by atoms with E-state index in [1.165, 1.54) is 29.3 Å². The molecule has 0 atom stereocenters. The minimum Gasteiger partial charge on any atom is -0.478 e. The van der Waals surface area contributed by atoms with Crippen LogP contribution < -0.4 is 4.72 Å². The van der Waals surface area contributed by atoms with E-state index in [0.717, 1.165) is 6.07 Å². The highest BCUT2D eigenvalue weighted by molar-refractivity contribution is 7.92. The molecule has 19 heavy (non-hydrogen) atoms. The van der Waals surface area contributed by atoms with Gasteiger partial charge in [-0.3, -0.25) is 9.40 Å². The van der Waals surface area contributed by atoms with Crippen molar-refractivity contribution in [1.82, 2.24) is 14.8 Å². The number of sulfonamides is 1. The van der Waals surface area contributed by atoms with Gasteiger partial charge in [0.2, 0.25) is 0 Å². The number of nitrogens with one attached hydrogen (secondary N) is 1. The molecule has 0 radical (unpaired) electrons. The minimum absolute atomic E-state index is 0.0301. The van der Waals surface area contributed by atoms with E-state index in [1.807, 2.05) is 0 Å². The molecule has 2 aromatic heterocycles. The first kappa shape index (κ1) is 13.0. The summed E-state index contributed by atoms with van der Waals surface area (Å²) in [6.07, 6.45) is 3.72. The lowest BCUT2D eigenvalue weighted by atomic mass is 10.3. The maximum atomic E-state index is 11.9. The van der Waals surface area contributed by atoms with Crippen molar-refractivity contribution in [1.29, 1.82) is 0 Å². The fourth-order valence-electron chi connectivity index (χ4n) is 1.35. The number of carboxylic acid groups (broad SMARTS) is 1. The Morgan fingerprint density at radius 3 is 2.79 bits per heavy atom. The van der Waals surface area contributed by atoms with Crippen molar-refractivity contribution in [3.05, 3.63) is 36.3 Å². The predicted molar refractivity (Wildman–Crippen MR) is 65.2 cm³/mol. The van der Waals surface area contributed by atoms with E-state index in [9.17, 15) is 13.2 Å². The van der Waals surface area contributed by atoms with Crippen molar-refractivity contribution < 1.29 is 18.3 Å². The minimum atomic E-state index is -3.82. The summed E-state index contributed by atoms with van der Waals surface area (Å²) in [4.78, 5) is 14.5. The van der Waals surface area contributed by atoms with Crippen LogP contribution in [0.1, 0.15) is 10.4 Å². The molecule has 2 rings (SSSR count). The number of anilines is 1. The fraction of sp³-hybridized carbons (Fsp3) is 0.100. The first-order valence-electron chi connectivity index (χ1n) is 5.09. The maximum Gasteiger partial charge on any atom is 0.335 e. The predicted octanol–water partition coefficient (Wildman–Crippen LogP) is 0.314. The van der Waals surface area contributed by atoms with Crippen molar-refractivity contribution in [2.24, 2.45) is 7.05 Å². The Morgan fingerprint density at radius 2 is 2.21 bits per heavy atom. The van der Waals surface area contributed by atoms with Gasteiger partial charge in [-0.25, -0.2) is 18.2 Å². The van der Waals surface area contributed by atoms with E-state index >= 15 is 0 Å². The van der Waals surface area contributed by atoms with Gasteiger partial charge in [0.15, 0.2) is 0 Å². The summed E-state index contributed by atoms with van der Waals surface area (Å²) in [6, 6.07) is 2.40. The topological polar surface area (TPSA) is 114 Å². The molecule has 2 aromatic rings. The summed E-state index contributed by atoms with van der Waals surface area (Å²) in [7, 11) is -2.24. The molecule has 0 amide bonds. The van der Waals surface area contributed by atoms with Crippen LogP contribution in [0, 0.1) is 0 Å². The van der Waals surface area contributed by atoms with E-state index < -0.39 is 16.0 Å². The Hall–Kier alpha value is -2.42. The maximum absolute atomic E-state index is 11.9. The van der Waals surface area contributed by atoms with Crippen LogP contribution in [0.3, 0.4) is 0 Å². The molecule has 0 saturated carbocycles. The van der Waals surface area contributed by atoms with Gasteiger partial charge in [-0.15, -0.1) is 0 Å². The molecule has 0 unspecified atom stereocenters. The molecule has 0 aromatic carbocycles. The number of aromatic nitrogens is 3. The number of hydrogen-bond donors (Lipinski definition) is 2. The summed E-state index contributed by atoms with van der Waals surface area (Å²) in [5, 5.41) is 12.6. The lowest BCUT2D eigenvalue weighted by molar-refractivity contribution is 0.0697. The van der Waals surface area contributed by atoms with Crippen molar-refractivity contribution in [2.45, 2.75) is 4.90 Å². The number of aromatic carboxylic acids is 1. The molecular weight excluding hydrogens is 272 g/mol. The average Bonchev–Trinajstić information content (AvgIpc) is 2.76. The molecule has 0 fully saturated rings. The highest BCUT2D eigenvalue weighted by Crippen LogP contribution is 2.14. The fourth-order valence-corrected chi connectivity index (χ4v) is 2.34. The SMILES string of the molecule is Cn1cc(S(=O)(=O)Nc2cc(C(=O)O)ccn2)cn1. The van der Waals surface area contributed by atoms with Gasteiger partial charge in [0.05, 0.1) is 11.8 Å². The number of aryl methyl sites for hydroxylation is 1. The molecule has 0 aliphatic carbocycles. The molecule has 0 spiro atoms. The zero-order valence-corrected chi connectivity index (χ0v) is 10.6. The van der Waals surface area contributed by atoms with Crippen LogP contribution in [-0.4, -0.2) is 34.3 Å². The average molecular weight is 282 g/mol. The van der Waals surface area contributed by atoms with E-state index in [0.29, 0.717) is 0 Å². The van der Waals surface area contributed by atoms with Crippen LogP contribution in [0.15, 0.2) is 35.6 Å². The third-order valence-corrected chi connectivity index (χ3v) is 3.55. The Kier molecular flexibility index (Phi) is 3.21. The van der Waals surface area contributed by atoms with E-state index in [2.05, 4.69) is 14.8 Å². The highest BCUT2D eigenvalue weighted by atomic mass is 32.2. The van der Waals surface area contributed by atoms with Gasteiger partial charge < -0.3 is 5.11 Å². The third kappa shape index (κ3) is 2.88. The zero-order valence-electron chi connectivity index (χ0n) is 9.81. The Labute approximate surface area is 108 Å². The Bertz CT molecular complexity index is 723. The van der Waals surface area contributed by atoms with Gasteiger partial charge in [0, 0.05) is 19.4 Å². The van der Waals surface area contributed by atoms with Crippen LogP contribution in [0.2, 0.25) is 0 Å². The van der Waals surface area contributed by atoms with E-state index in [1.54, 1.807) is 7.05 Å². The molecule has 2 N–H and O–H groups in total. The molecule has 9 heteroatoms. The summed E-state index contributed by atoms with van der Waals surface area (Å²) in [5.74, 6) is -1.23. The molecule has 0 aliphatic heterocycles. The second-order valence-electron chi connectivity index (χ2n) is 3.69. The number of nitrogens with zero attached hydrogens (tertiary/aromatic N) is 3. The molecular formula is C10H10N4O4S. The number of carbonyl (C=O) groups is 1. The highest BCUT2D eigenvalue weighted by Gasteiger charge is 2.17. The van der Waals surface area contributed by atoms with E-state index in [4.69, 9.17) is 5.11 Å². The number of rotatable bonds is 4. The third-order valence-electron chi connectivity index (χ3n) is 2.24. The summed E-state index contributed by atoms with van der Waals surface area (Å²) in [5.41, 5.74) is -0.0566. The van der Waals surface area contributed by atoms with Crippen molar-refractivity contribution >= 4 is 21.8 Å². The smallest absolute Gasteiger partial charge is 0.335 e. The Balaban J connectivity index is 2.30. The van der Waals surface area contributed by atoms with Gasteiger partial charge in [0.1, 0.15) is 10.7 Å². The van der Waals surface area contributed by atoms with Crippen LogP contribution in [0.5, 0.6) is 0 Å². The zero-order chi connectivity index (χ0) is 14.0. The second kappa shape index (κ2) is 4.69. The summed E-state index contributed by atoms with van der Waals surface area (Å²) < 4.78 is 27.4. The van der Waals surface area contributed by atoms with Gasteiger partial charge in [0.25, 0.3) is 10.0 Å². The van der Waals surface area contributed by atoms with E-state index in [-0.39, 0.29) is 16.3 Å². The molecule has 0 bridgehead atoms. The lowest BCUT2D eigenvalue weighted by Crippen LogP contribution is -2.14. The van der Waals surface area contributed by atoms with Crippen molar-refractivity contribution in [3.8, 4) is 0 Å². The standard InChI is InChI=1S/C10H10N4O4S/c1-14-6-8(5-12-14)19(17,18)13-9-4-7(10(15)16)2-3-11-9/h2-6H,1H3,(H,11,13)(H,15,16). The van der Waals surface area contributed by atoms with Gasteiger partial charge >= 0.3 is 5.97 Å². The van der Waals surface area contributed by atoms with Crippen LogP contribution in [0.4, 0.5) is 5.82 Å². The van der Waals surface area contributed by atoms with Gasteiger partial charge in [-0.2, -0.15) is 5.10 Å². The first-order valence-corrected chi connectivity index (χ1v) is 6.57. The summed E-state index contributed by atoms with van der Waals surface area (Å²) in [6.45, 7) is 0. The summed E-state index contributed by atoms with van der Waals surface area (Å²) >= 11 is 0. The van der Waals surface area contributed by atoms with Crippen molar-refractivity contribution in [3.63, 3.8) is 0 Å².